The zero-order chi connectivity index (χ0) is 11.5. The molecule has 1 N–H and O–H groups in total. The fourth-order valence-corrected chi connectivity index (χ4v) is 1.97. The van der Waals surface area contributed by atoms with Crippen LogP contribution in [0.5, 0.6) is 0 Å². The summed E-state index contributed by atoms with van der Waals surface area (Å²) in [7, 11) is 1.36. The Labute approximate surface area is 95.0 Å². The monoisotopic (exact) mass is 220 g/mol. The summed E-state index contributed by atoms with van der Waals surface area (Å²) in [6.45, 7) is 0. The molecule has 0 saturated heterocycles. The van der Waals surface area contributed by atoms with Crippen molar-refractivity contribution in [2.75, 3.05) is 7.11 Å². The van der Waals surface area contributed by atoms with E-state index in [9.17, 15) is 9.90 Å². The van der Waals surface area contributed by atoms with Gasteiger partial charge in [-0.2, -0.15) is 0 Å². The van der Waals surface area contributed by atoms with E-state index in [-0.39, 0.29) is 11.9 Å². The number of benzene rings is 1. The highest BCUT2D eigenvalue weighted by Gasteiger charge is 2.39. The molecule has 2 rings (SSSR count). The van der Waals surface area contributed by atoms with Crippen molar-refractivity contribution in [1.29, 1.82) is 0 Å². The maximum absolute atomic E-state index is 11.7. The van der Waals surface area contributed by atoms with E-state index in [1.54, 1.807) is 0 Å². The van der Waals surface area contributed by atoms with E-state index in [1.165, 1.54) is 7.11 Å². The lowest BCUT2D eigenvalue weighted by Gasteiger charge is -2.20. The van der Waals surface area contributed by atoms with Crippen LogP contribution in [0.25, 0.3) is 0 Å². The minimum Gasteiger partial charge on any atom is -0.468 e. The van der Waals surface area contributed by atoms with Crippen LogP contribution in [0.2, 0.25) is 0 Å². The lowest BCUT2D eigenvalue weighted by molar-refractivity contribution is -0.145. The molecule has 0 radical (unpaired) electrons. The molecule has 1 fully saturated rings. The molecule has 1 aliphatic rings. The van der Waals surface area contributed by atoms with Gasteiger partial charge in [-0.15, -0.1) is 0 Å². The number of hydrogen-bond acceptors (Lipinski definition) is 3. The van der Waals surface area contributed by atoms with Gasteiger partial charge >= 0.3 is 5.97 Å². The summed E-state index contributed by atoms with van der Waals surface area (Å²) < 4.78 is 4.77. The summed E-state index contributed by atoms with van der Waals surface area (Å²) in [5.74, 6) is -0.645. The molecule has 3 nitrogen and oxygen atoms in total. The summed E-state index contributed by atoms with van der Waals surface area (Å²) >= 11 is 0. The van der Waals surface area contributed by atoms with Crippen molar-refractivity contribution >= 4 is 5.97 Å². The first-order valence-electron chi connectivity index (χ1n) is 5.55. The number of aliphatic hydroxyl groups excluding tert-OH is 1. The van der Waals surface area contributed by atoms with Gasteiger partial charge in [0.1, 0.15) is 5.92 Å². The second-order valence-electron chi connectivity index (χ2n) is 4.24. The first-order chi connectivity index (χ1) is 7.74. The molecule has 2 unspecified atom stereocenters. The van der Waals surface area contributed by atoms with Crippen LogP contribution in [0.1, 0.15) is 24.3 Å². The smallest absolute Gasteiger partial charge is 0.315 e. The number of rotatable bonds is 4. The summed E-state index contributed by atoms with van der Waals surface area (Å²) in [4.78, 5) is 11.7. The average molecular weight is 220 g/mol. The van der Waals surface area contributed by atoms with Gasteiger partial charge in [-0.1, -0.05) is 30.3 Å². The van der Waals surface area contributed by atoms with Crippen LogP contribution in [-0.2, 0) is 9.53 Å². The zero-order valence-corrected chi connectivity index (χ0v) is 9.30. The Kier molecular flexibility index (Phi) is 3.25. The number of methoxy groups -OCH3 is 1. The molecule has 1 aliphatic carbocycles. The molecule has 3 heteroatoms. The van der Waals surface area contributed by atoms with Crippen molar-refractivity contribution in [3.8, 4) is 0 Å². The van der Waals surface area contributed by atoms with Gasteiger partial charge in [-0.3, -0.25) is 4.79 Å². The number of aliphatic hydroxyl groups is 1. The van der Waals surface area contributed by atoms with Crippen LogP contribution < -0.4 is 0 Å². The van der Waals surface area contributed by atoms with E-state index in [0.29, 0.717) is 0 Å². The predicted molar refractivity (Wildman–Crippen MR) is 59.9 cm³/mol. The molecule has 0 amide bonds. The average Bonchev–Trinajstić information content (AvgIpc) is 3.14. The van der Waals surface area contributed by atoms with Crippen LogP contribution >= 0.6 is 0 Å². The van der Waals surface area contributed by atoms with Gasteiger partial charge in [0.15, 0.2) is 0 Å². The van der Waals surface area contributed by atoms with Crippen molar-refractivity contribution in [1.82, 2.24) is 0 Å². The molecule has 0 heterocycles. The van der Waals surface area contributed by atoms with Gasteiger partial charge in [0.2, 0.25) is 0 Å². The van der Waals surface area contributed by atoms with E-state index >= 15 is 0 Å². The lowest BCUT2D eigenvalue weighted by Crippen LogP contribution is -2.28. The number of carbonyl (C=O) groups excluding carboxylic acids is 1. The van der Waals surface area contributed by atoms with E-state index in [2.05, 4.69) is 0 Å². The van der Waals surface area contributed by atoms with Crippen LogP contribution in [-0.4, -0.2) is 24.3 Å². The van der Waals surface area contributed by atoms with Crippen LogP contribution in [0.3, 0.4) is 0 Å². The van der Waals surface area contributed by atoms with Gasteiger partial charge in [-0.05, 0) is 24.3 Å². The van der Waals surface area contributed by atoms with Crippen molar-refractivity contribution in [3.05, 3.63) is 35.9 Å². The Morgan fingerprint density at radius 2 is 2.00 bits per heavy atom. The number of ether oxygens (including phenoxy) is 1. The van der Waals surface area contributed by atoms with Crippen LogP contribution in [0.4, 0.5) is 0 Å². The van der Waals surface area contributed by atoms with Gasteiger partial charge < -0.3 is 9.84 Å². The minimum atomic E-state index is -0.616. The van der Waals surface area contributed by atoms with Gasteiger partial charge in [0, 0.05) is 0 Å². The van der Waals surface area contributed by atoms with E-state index in [0.717, 1.165) is 18.4 Å². The number of carbonyl (C=O) groups is 1. The van der Waals surface area contributed by atoms with Gasteiger partial charge in [0.25, 0.3) is 0 Å². The van der Waals surface area contributed by atoms with Crippen LogP contribution in [0, 0.1) is 5.92 Å². The third kappa shape index (κ3) is 2.25. The summed E-state index contributed by atoms with van der Waals surface area (Å²) in [5.41, 5.74) is 0.828. The largest absolute Gasteiger partial charge is 0.468 e. The maximum Gasteiger partial charge on any atom is 0.315 e. The topological polar surface area (TPSA) is 46.5 Å². The first-order valence-corrected chi connectivity index (χ1v) is 5.55. The molecule has 0 bridgehead atoms. The highest BCUT2D eigenvalue weighted by atomic mass is 16.5. The maximum atomic E-state index is 11.7. The minimum absolute atomic E-state index is 0.254. The summed E-state index contributed by atoms with van der Waals surface area (Å²) in [6, 6.07) is 9.33. The Morgan fingerprint density at radius 3 is 2.50 bits per heavy atom. The molecule has 1 aromatic rings. The molecular weight excluding hydrogens is 204 g/mol. The van der Waals surface area contributed by atoms with Crippen molar-refractivity contribution < 1.29 is 14.6 Å². The zero-order valence-electron chi connectivity index (χ0n) is 9.30. The quantitative estimate of drug-likeness (QED) is 0.786. The Balaban J connectivity index is 2.23. The van der Waals surface area contributed by atoms with E-state index < -0.39 is 12.0 Å². The Hall–Kier alpha value is -1.35. The molecule has 0 aromatic heterocycles. The molecule has 0 spiro atoms. The Bertz CT molecular complexity index is 357. The fourth-order valence-electron chi connectivity index (χ4n) is 1.97. The third-order valence-electron chi connectivity index (χ3n) is 3.06. The summed E-state index contributed by atoms with van der Waals surface area (Å²) in [5, 5.41) is 10.1. The molecule has 1 saturated carbocycles. The molecule has 1 aromatic carbocycles. The normalized spacial score (nSPS) is 18.9. The number of esters is 1. The Morgan fingerprint density at radius 1 is 1.38 bits per heavy atom. The molecule has 16 heavy (non-hydrogen) atoms. The SMILES string of the molecule is COC(=O)C(c1ccccc1)C(O)C1CC1. The summed E-state index contributed by atoms with van der Waals surface area (Å²) in [6.07, 6.45) is 1.39. The highest BCUT2D eigenvalue weighted by Crippen LogP contribution is 2.39. The second kappa shape index (κ2) is 4.66. The van der Waals surface area contributed by atoms with Crippen molar-refractivity contribution in [2.24, 2.45) is 5.92 Å². The van der Waals surface area contributed by atoms with Crippen molar-refractivity contribution in [2.45, 2.75) is 24.9 Å². The molecule has 2 atom stereocenters. The molecule has 0 aliphatic heterocycles. The third-order valence-corrected chi connectivity index (χ3v) is 3.06. The van der Waals surface area contributed by atoms with E-state index in [1.807, 2.05) is 30.3 Å². The van der Waals surface area contributed by atoms with E-state index in [4.69, 9.17) is 4.74 Å². The molecular formula is C13H16O3. The van der Waals surface area contributed by atoms with Crippen LogP contribution in [0.15, 0.2) is 30.3 Å². The van der Waals surface area contributed by atoms with Gasteiger partial charge in [0.05, 0.1) is 13.2 Å². The van der Waals surface area contributed by atoms with Gasteiger partial charge in [-0.25, -0.2) is 0 Å². The van der Waals surface area contributed by atoms with Crippen molar-refractivity contribution in [3.63, 3.8) is 0 Å². The number of hydrogen-bond donors (Lipinski definition) is 1. The predicted octanol–water partition coefficient (Wildman–Crippen LogP) is 1.71. The second-order valence-corrected chi connectivity index (χ2v) is 4.24. The standard InChI is InChI=1S/C13H16O3/c1-16-13(15)11(12(14)10-7-8-10)9-5-3-2-4-6-9/h2-6,10-12,14H,7-8H2,1H3. The fraction of sp³-hybridized carbons (Fsp3) is 0.462. The lowest BCUT2D eigenvalue weighted by atomic mass is 9.91. The first kappa shape index (κ1) is 11.1. The highest BCUT2D eigenvalue weighted by molar-refractivity contribution is 5.78. The molecule has 86 valence electrons.